The molecule has 0 radical (unpaired) electrons. The topological polar surface area (TPSA) is 71.0 Å². The number of ether oxygens (including phenoxy) is 2. The number of hydrogen-bond donors (Lipinski definition) is 2. The van der Waals surface area contributed by atoms with Crippen LogP contribution in [0.25, 0.3) is 0 Å². The maximum absolute atomic E-state index is 13.1. The van der Waals surface area contributed by atoms with Gasteiger partial charge in [-0.1, -0.05) is 194 Å². The van der Waals surface area contributed by atoms with Gasteiger partial charge < -0.3 is 24.8 Å². The molecule has 1 aliphatic carbocycles. The van der Waals surface area contributed by atoms with Gasteiger partial charge in [0.1, 0.15) is 0 Å². The van der Waals surface area contributed by atoms with Crippen LogP contribution in [0.5, 0.6) is 0 Å². The van der Waals surface area contributed by atoms with Crippen molar-refractivity contribution in [2.24, 2.45) is 17.8 Å². The van der Waals surface area contributed by atoms with Crippen molar-refractivity contribution in [3.05, 3.63) is 12.3 Å². The van der Waals surface area contributed by atoms with Crippen LogP contribution in [0.3, 0.4) is 0 Å². The van der Waals surface area contributed by atoms with Crippen molar-refractivity contribution < 1.29 is 19.4 Å². The van der Waals surface area contributed by atoms with Gasteiger partial charge in [-0.2, -0.15) is 0 Å². The number of allylic oxidation sites excluding steroid dienone is 1. The molecular weight excluding hydrogens is 729 g/mol. The van der Waals surface area contributed by atoms with Crippen molar-refractivity contribution in [2.45, 2.75) is 264 Å². The number of nitrogens with one attached hydrogen (secondary N) is 1. The van der Waals surface area contributed by atoms with Gasteiger partial charge in [0.2, 0.25) is 0 Å². The fourth-order valence-corrected chi connectivity index (χ4v) is 9.49. The number of rotatable bonds is 44. The summed E-state index contributed by atoms with van der Waals surface area (Å²) < 4.78 is 12.2. The van der Waals surface area contributed by atoms with Gasteiger partial charge in [0, 0.05) is 37.7 Å². The summed E-state index contributed by atoms with van der Waals surface area (Å²) in [6.45, 7) is 16.4. The SMILES string of the molecule is C=C(OCCCCCCC1CN(CCCCO)CC(CCCCCCOC(=O)C(CCCCCCCC)CCCC2CC2)N1)C(CCCCCC)CCCCCCCC. The Morgan fingerprint density at radius 3 is 1.56 bits per heavy atom. The fraction of sp³-hybridized carbons (Fsp3) is 0.943. The molecule has 6 nitrogen and oxygen atoms in total. The van der Waals surface area contributed by atoms with Crippen molar-refractivity contribution in [2.75, 3.05) is 39.5 Å². The molecule has 2 fully saturated rings. The first-order valence-corrected chi connectivity index (χ1v) is 26.6. The van der Waals surface area contributed by atoms with E-state index in [0.29, 0.717) is 31.2 Å². The molecule has 1 heterocycles. The molecule has 0 aromatic rings. The van der Waals surface area contributed by atoms with Crippen molar-refractivity contribution in [3.63, 3.8) is 0 Å². The first-order chi connectivity index (χ1) is 29.0. The summed E-state index contributed by atoms with van der Waals surface area (Å²) in [5, 5.41) is 13.4. The predicted molar refractivity (Wildman–Crippen MR) is 254 cm³/mol. The maximum Gasteiger partial charge on any atom is 0.308 e. The third-order valence-electron chi connectivity index (χ3n) is 13.6. The van der Waals surface area contributed by atoms with Crippen LogP contribution in [0.2, 0.25) is 0 Å². The minimum atomic E-state index is 0.0862. The van der Waals surface area contributed by atoms with Gasteiger partial charge in [0.25, 0.3) is 0 Å². The van der Waals surface area contributed by atoms with E-state index < -0.39 is 0 Å². The van der Waals surface area contributed by atoms with Gasteiger partial charge in [-0.3, -0.25) is 4.79 Å². The summed E-state index contributed by atoms with van der Waals surface area (Å²) >= 11 is 0. The highest BCUT2D eigenvalue weighted by atomic mass is 16.5. The minimum absolute atomic E-state index is 0.0862. The largest absolute Gasteiger partial charge is 0.498 e. The zero-order chi connectivity index (χ0) is 42.4. The second kappa shape index (κ2) is 38.6. The number of carbonyl (C=O) groups excluding carboxylic acids is 1. The van der Waals surface area contributed by atoms with E-state index in [2.05, 4.69) is 37.6 Å². The van der Waals surface area contributed by atoms with Crippen molar-refractivity contribution in [1.82, 2.24) is 10.2 Å². The molecule has 59 heavy (non-hydrogen) atoms. The monoisotopic (exact) mass is 831 g/mol. The molecule has 0 bridgehead atoms. The van der Waals surface area contributed by atoms with Crippen LogP contribution < -0.4 is 5.32 Å². The lowest BCUT2D eigenvalue weighted by atomic mass is 9.93. The third-order valence-corrected chi connectivity index (χ3v) is 13.6. The van der Waals surface area contributed by atoms with Crippen LogP contribution in [-0.4, -0.2) is 67.5 Å². The van der Waals surface area contributed by atoms with Crippen molar-refractivity contribution >= 4 is 5.97 Å². The molecule has 348 valence electrons. The van der Waals surface area contributed by atoms with Gasteiger partial charge in [0.05, 0.1) is 24.9 Å². The molecule has 4 atom stereocenters. The summed E-state index contributed by atoms with van der Waals surface area (Å²) in [7, 11) is 0. The molecular formula is C53H102N2O4. The molecule has 2 rings (SSSR count). The number of carbonyl (C=O) groups is 1. The molecule has 0 spiro atoms. The Kier molecular flexibility index (Phi) is 35.3. The first-order valence-electron chi connectivity index (χ1n) is 26.6. The van der Waals surface area contributed by atoms with E-state index in [9.17, 15) is 9.90 Å². The summed E-state index contributed by atoms with van der Waals surface area (Å²) in [4.78, 5) is 15.7. The smallest absolute Gasteiger partial charge is 0.308 e. The standard InChI is InChI=1S/C53H102N2O4/c1-5-8-11-14-16-23-34-49(33-22-13-10-7-3)47(4)58-43-29-20-18-25-37-51-45-55(41-27-28-42-56)46-52(54-51)38-26-19-21-30-44-59-53(57)50(36-31-32-48-39-40-48)35-24-17-15-12-9-6-2/h48-52,54,56H,4-46H2,1-3H3. The van der Waals surface area contributed by atoms with Crippen LogP contribution in [0.4, 0.5) is 0 Å². The maximum atomic E-state index is 13.1. The summed E-state index contributed by atoms with van der Waals surface area (Å²) in [5.41, 5.74) is 0. The first kappa shape index (κ1) is 54.0. The Bertz CT molecular complexity index is 956. The van der Waals surface area contributed by atoms with Crippen LogP contribution in [0, 0.1) is 17.8 Å². The van der Waals surface area contributed by atoms with E-state index >= 15 is 0 Å². The average molecular weight is 831 g/mol. The quantitative estimate of drug-likeness (QED) is 0.0362. The molecule has 4 unspecified atom stereocenters. The van der Waals surface area contributed by atoms with Gasteiger partial charge in [-0.15, -0.1) is 0 Å². The Labute approximate surface area is 368 Å². The lowest BCUT2D eigenvalue weighted by Gasteiger charge is -2.39. The molecule has 0 aromatic carbocycles. The van der Waals surface area contributed by atoms with E-state index in [1.807, 2.05) is 0 Å². The number of aliphatic hydroxyl groups is 1. The highest BCUT2D eigenvalue weighted by molar-refractivity contribution is 5.72. The van der Waals surface area contributed by atoms with E-state index in [1.165, 1.54) is 186 Å². The average Bonchev–Trinajstić information content (AvgIpc) is 4.07. The zero-order valence-electron chi connectivity index (χ0n) is 39.9. The highest BCUT2D eigenvalue weighted by Crippen LogP contribution is 2.35. The molecule has 2 N–H and O–H groups in total. The lowest BCUT2D eigenvalue weighted by molar-refractivity contribution is -0.149. The molecule has 2 aliphatic rings. The summed E-state index contributed by atoms with van der Waals surface area (Å²) in [5.74, 6) is 2.75. The Hall–Kier alpha value is -1.11. The van der Waals surface area contributed by atoms with E-state index in [0.717, 1.165) is 82.9 Å². The summed E-state index contributed by atoms with van der Waals surface area (Å²) in [6.07, 6.45) is 44.9. The van der Waals surface area contributed by atoms with Crippen LogP contribution >= 0.6 is 0 Å². The summed E-state index contributed by atoms with van der Waals surface area (Å²) in [6, 6.07) is 1.10. The number of nitrogens with zero attached hydrogens (tertiary/aromatic N) is 1. The van der Waals surface area contributed by atoms with E-state index in [4.69, 9.17) is 9.47 Å². The zero-order valence-corrected chi connectivity index (χ0v) is 39.9. The Balaban J connectivity index is 1.64. The van der Waals surface area contributed by atoms with Gasteiger partial charge in [0.15, 0.2) is 0 Å². The number of unbranched alkanes of at least 4 members (excludes halogenated alkanes) is 20. The molecule has 0 amide bonds. The second-order valence-corrected chi connectivity index (χ2v) is 19.4. The van der Waals surface area contributed by atoms with E-state index in [-0.39, 0.29) is 11.9 Å². The lowest BCUT2D eigenvalue weighted by Crippen LogP contribution is -2.56. The normalized spacial score (nSPS) is 18.2. The van der Waals surface area contributed by atoms with Gasteiger partial charge in [-0.25, -0.2) is 0 Å². The molecule has 6 heteroatoms. The predicted octanol–water partition coefficient (Wildman–Crippen LogP) is 14.7. The third kappa shape index (κ3) is 30.6. The van der Waals surface area contributed by atoms with Gasteiger partial charge in [-0.05, 0) is 76.7 Å². The van der Waals surface area contributed by atoms with Crippen LogP contribution in [0.15, 0.2) is 12.3 Å². The van der Waals surface area contributed by atoms with Gasteiger partial charge >= 0.3 is 5.97 Å². The molecule has 1 saturated heterocycles. The highest BCUT2D eigenvalue weighted by Gasteiger charge is 2.26. The van der Waals surface area contributed by atoms with Crippen molar-refractivity contribution in [3.8, 4) is 0 Å². The van der Waals surface area contributed by atoms with Crippen LogP contribution in [0.1, 0.15) is 252 Å². The Morgan fingerprint density at radius 2 is 1.02 bits per heavy atom. The number of aliphatic hydroxyl groups excluding tert-OH is 1. The van der Waals surface area contributed by atoms with E-state index in [1.54, 1.807) is 0 Å². The molecule has 0 aromatic heterocycles. The number of esters is 1. The fourth-order valence-electron chi connectivity index (χ4n) is 9.49. The number of hydrogen-bond acceptors (Lipinski definition) is 6. The van der Waals surface area contributed by atoms with Crippen molar-refractivity contribution in [1.29, 1.82) is 0 Å². The molecule has 1 aliphatic heterocycles. The molecule has 1 saturated carbocycles. The Morgan fingerprint density at radius 1 is 0.559 bits per heavy atom. The minimum Gasteiger partial charge on any atom is -0.498 e. The second-order valence-electron chi connectivity index (χ2n) is 19.4. The number of piperazine rings is 1. The van der Waals surface area contributed by atoms with Crippen LogP contribution in [-0.2, 0) is 14.3 Å².